The first kappa shape index (κ1) is 26.9. The second kappa shape index (κ2) is 11.9. The van der Waals surface area contributed by atoms with Crippen molar-refractivity contribution in [3.63, 3.8) is 0 Å². The number of urea groups is 1. The summed E-state index contributed by atoms with van der Waals surface area (Å²) in [5.41, 5.74) is 3.58. The summed E-state index contributed by atoms with van der Waals surface area (Å²) >= 11 is 0. The summed E-state index contributed by atoms with van der Waals surface area (Å²) in [4.78, 5) is 39.5. The number of hydrogen-bond donors (Lipinski definition) is 1. The van der Waals surface area contributed by atoms with Gasteiger partial charge in [-0.2, -0.15) is 5.26 Å². The third-order valence-corrected chi connectivity index (χ3v) is 6.03. The van der Waals surface area contributed by atoms with Crippen molar-refractivity contribution < 1.29 is 23.9 Å². The number of anilines is 1. The number of hydrogen-bond acceptors (Lipinski definition) is 6. The van der Waals surface area contributed by atoms with Gasteiger partial charge in [0, 0.05) is 11.1 Å². The van der Waals surface area contributed by atoms with Crippen LogP contribution in [0.1, 0.15) is 34.7 Å². The summed E-state index contributed by atoms with van der Waals surface area (Å²) in [5.74, 6) is -0.634. The molecule has 1 N–H and O–H groups in total. The van der Waals surface area contributed by atoms with Crippen molar-refractivity contribution in [1.29, 1.82) is 5.26 Å². The molecule has 1 aliphatic heterocycles. The number of nitrogens with one attached hydrogen (secondary N) is 1. The highest BCUT2D eigenvalue weighted by molar-refractivity contribution is 6.39. The fraction of sp³-hybridized carbons (Fsp3) is 0.161. The fourth-order valence-corrected chi connectivity index (χ4v) is 4.16. The Balaban J connectivity index is 1.73. The molecule has 196 valence electrons. The van der Waals surface area contributed by atoms with Gasteiger partial charge in [-0.15, -0.1) is 6.58 Å². The Labute approximate surface area is 226 Å². The van der Waals surface area contributed by atoms with E-state index < -0.39 is 17.8 Å². The van der Waals surface area contributed by atoms with Crippen LogP contribution in [0.3, 0.4) is 0 Å². The molecule has 4 amide bonds. The van der Waals surface area contributed by atoms with E-state index >= 15 is 0 Å². The van der Waals surface area contributed by atoms with E-state index in [1.54, 1.807) is 54.6 Å². The minimum absolute atomic E-state index is 0.142. The molecule has 1 heterocycles. The zero-order valence-corrected chi connectivity index (χ0v) is 21.7. The van der Waals surface area contributed by atoms with Crippen molar-refractivity contribution >= 4 is 29.6 Å². The smallest absolute Gasteiger partial charge is 0.335 e. The fourth-order valence-electron chi connectivity index (χ4n) is 4.16. The number of imide groups is 2. The summed E-state index contributed by atoms with van der Waals surface area (Å²) < 4.78 is 12.0. The van der Waals surface area contributed by atoms with E-state index in [1.807, 2.05) is 26.0 Å². The van der Waals surface area contributed by atoms with Gasteiger partial charge in [-0.1, -0.05) is 42.0 Å². The number of rotatable bonds is 9. The van der Waals surface area contributed by atoms with E-state index in [1.165, 1.54) is 6.08 Å². The highest BCUT2D eigenvalue weighted by Gasteiger charge is 2.36. The van der Waals surface area contributed by atoms with Crippen LogP contribution in [0.5, 0.6) is 11.5 Å². The van der Waals surface area contributed by atoms with Crippen molar-refractivity contribution in [1.82, 2.24) is 5.32 Å². The number of aryl methyl sites for hydroxylation is 1. The lowest BCUT2D eigenvalue weighted by molar-refractivity contribution is -0.122. The number of carbonyl (C=O) groups excluding carboxylic acids is 3. The highest BCUT2D eigenvalue weighted by Crippen LogP contribution is 2.36. The van der Waals surface area contributed by atoms with Gasteiger partial charge in [-0.3, -0.25) is 14.9 Å². The number of ether oxygens (including phenoxy) is 2. The van der Waals surface area contributed by atoms with E-state index in [0.717, 1.165) is 16.0 Å². The molecule has 3 aromatic carbocycles. The molecule has 0 aromatic heterocycles. The van der Waals surface area contributed by atoms with Crippen LogP contribution in [0.2, 0.25) is 0 Å². The molecule has 0 spiro atoms. The second-order valence-electron chi connectivity index (χ2n) is 8.78. The first-order chi connectivity index (χ1) is 18.9. The van der Waals surface area contributed by atoms with Gasteiger partial charge in [0.1, 0.15) is 12.2 Å². The average molecular weight is 522 g/mol. The molecule has 0 radical (unpaired) electrons. The number of nitriles is 1. The maximum atomic E-state index is 13.3. The monoisotopic (exact) mass is 521 g/mol. The molecule has 39 heavy (non-hydrogen) atoms. The third kappa shape index (κ3) is 5.89. The summed E-state index contributed by atoms with van der Waals surface area (Å²) in [6, 6.07) is 18.8. The van der Waals surface area contributed by atoms with E-state index in [4.69, 9.17) is 9.47 Å². The van der Waals surface area contributed by atoms with Crippen LogP contribution in [0.15, 0.2) is 78.9 Å². The molecule has 1 saturated heterocycles. The molecular weight excluding hydrogens is 494 g/mol. The predicted molar refractivity (Wildman–Crippen MR) is 147 cm³/mol. The summed E-state index contributed by atoms with van der Waals surface area (Å²) in [5, 5.41) is 11.7. The van der Waals surface area contributed by atoms with Crippen LogP contribution >= 0.6 is 0 Å². The molecule has 0 unspecified atom stereocenters. The Kier molecular flexibility index (Phi) is 8.22. The standard InChI is InChI=1S/C31H27N3O5/c1-4-8-22-15-21(17-27(38-5-2)28(22)39-19-24-10-7-6-9-23(24)18-32)16-26-29(35)33-31(37)34(30(26)36)25-13-11-20(3)12-14-25/h4,6-7,9-17H,1,5,8,19H2,2-3H3,(H,33,35,37)/b26-16+. The molecule has 3 aromatic rings. The Bertz CT molecular complexity index is 1520. The summed E-state index contributed by atoms with van der Waals surface area (Å²) in [7, 11) is 0. The Morgan fingerprint density at radius 1 is 1.03 bits per heavy atom. The SMILES string of the molecule is C=CCc1cc(/C=C2\C(=O)NC(=O)N(c3ccc(C)cc3)C2=O)cc(OCC)c1OCc1ccccc1C#N. The quantitative estimate of drug-likeness (QED) is 0.234. The lowest BCUT2D eigenvalue weighted by Crippen LogP contribution is -2.54. The highest BCUT2D eigenvalue weighted by atomic mass is 16.5. The molecule has 0 saturated carbocycles. The van der Waals surface area contributed by atoms with E-state index in [-0.39, 0.29) is 12.2 Å². The van der Waals surface area contributed by atoms with Gasteiger partial charge >= 0.3 is 6.03 Å². The van der Waals surface area contributed by atoms with Gasteiger partial charge in [0.15, 0.2) is 11.5 Å². The number of barbiturate groups is 1. The van der Waals surface area contributed by atoms with Gasteiger partial charge in [-0.25, -0.2) is 9.69 Å². The van der Waals surface area contributed by atoms with Gasteiger partial charge < -0.3 is 9.47 Å². The van der Waals surface area contributed by atoms with Crippen LogP contribution in [0.4, 0.5) is 10.5 Å². The van der Waals surface area contributed by atoms with E-state index in [9.17, 15) is 19.6 Å². The Morgan fingerprint density at radius 2 is 1.77 bits per heavy atom. The molecule has 0 aliphatic carbocycles. The number of amides is 4. The molecular formula is C31H27N3O5. The summed E-state index contributed by atoms with van der Waals surface area (Å²) in [6.45, 7) is 8.03. The molecule has 1 fully saturated rings. The number of nitrogens with zero attached hydrogens (tertiary/aromatic N) is 2. The number of allylic oxidation sites excluding steroid dienone is 1. The molecule has 0 bridgehead atoms. The van der Waals surface area contributed by atoms with Crippen LogP contribution in [-0.4, -0.2) is 24.5 Å². The average Bonchev–Trinajstić information content (AvgIpc) is 2.92. The van der Waals surface area contributed by atoms with Crippen molar-refractivity contribution in [2.24, 2.45) is 0 Å². The molecule has 8 nitrogen and oxygen atoms in total. The zero-order valence-electron chi connectivity index (χ0n) is 21.7. The van der Waals surface area contributed by atoms with Crippen LogP contribution in [-0.2, 0) is 22.6 Å². The number of benzene rings is 3. The van der Waals surface area contributed by atoms with E-state index in [2.05, 4.69) is 18.0 Å². The summed E-state index contributed by atoms with van der Waals surface area (Å²) in [6.07, 6.45) is 3.55. The topological polar surface area (TPSA) is 109 Å². The lowest BCUT2D eigenvalue weighted by Gasteiger charge is -2.26. The van der Waals surface area contributed by atoms with Crippen LogP contribution < -0.4 is 19.7 Å². The lowest BCUT2D eigenvalue weighted by atomic mass is 10.0. The van der Waals surface area contributed by atoms with Crippen molar-refractivity contribution in [2.75, 3.05) is 11.5 Å². The largest absolute Gasteiger partial charge is 0.490 e. The van der Waals surface area contributed by atoms with Crippen molar-refractivity contribution in [2.45, 2.75) is 26.9 Å². The van der Waals surface area contributed by atoms with E-state index in [0.29, 0.717) is 46.9 Å². The van der Waals surface area contributed by atoms with Gasteiger partial charge in [0.05, 0.1) is 23.9 Å². The van der Waals surface area contributed by atoms with Crippen molar-refractivity contribution in [3.8, 4) is 17.6 Å². The first-order valence-electron chi connectivity index (χ1n) is 12.4. The normalized spacial score (nSPS) is 14.1. The van der Waals surface area contributed by atoms with Gasteiger partial charge in [-0.05, 0) is 62.2 Å². The molecule has 8 heteroatoms. The zero-order chi connectivity index (χ0) is 27.9. The predicted octanol–water partition coefficient (Wildman–Crippen LogP) is 5.24. The van der Waals surface area contributed by atoms with Gasteiger partial charge in [0.2, 0.25) is 0 Å². The maximum absolute atomic E-state index is 13.3. The number of carbonyl (C=O) groups is 3. The third-order valence-electron chi connectivity index (χ3n) is 6.03. The first-order valence-corrected chi connectivity index (χ1v) is 12.4. The Hall–Kier alpha value is -5.16. The minimum Gasteiger partial charge on any atom is -0.490 e. The molecule has 1 aliphatic rings. The molecule has 0 atom stereocenters. The second-order valence-corrected chi connectivity index (χ2v) is 8.78. The maximum Gasteiger partial charge on any atom is 0.335 e. The van der Waals surface area contributed by atoms with Crippen LogP contribution in [0.25, 0.3) is 6.08 Å². The minimum atomic E-state index is -0.810. The van der Waals surface area contributed by atoms with Crippen molar-refractivity contribution in [3.05, 3.63) is 107 Å². The van der Waals surface area contributed by atoms with Crippen LogP contribution in [0, 0.1) is 18.3 Å². The molecule has 4 rings (SSSR count). The van der Waals surface area contributed by atoms with Gasteiger partial charge in [0.25, 0.3) is 11.8 Å². The Morgan fingerprint density at radius 3 is 2.46 bits per heavy atom.